The largest absolute Gasteiger partial charge is 0.297 e. The summed E-state index contributed by atoms with van der Waals surface area (Å²) in [5.41, 5.74) is 0. The molecule has 2 aliphatic rings. The van der Waals surface area contributed by atoms with Crippen molar-refractivity contribution in [2.24, 2.45) is 0 Å². The van der Waals surface area contributed by atoms with E-state index in [1.807, 2.05) is 0 Å². The molecule has 0 saturated carbocycles. The SMILES string of the molecule is CCS(=O)(=O)CCCN1C2CCC1CC(Br)C2. The van der Waals surface area contributed by atoms with Crippen LogP contribution < -0.4 is 0 Å². The van der Waals surface area contributed by atoms with Crippen LogP contribution in [-0.2, 0) is 9.84 Å². The van der Waals surface area contributed by atoms with Gasteiger partial charge in [-0.25, -0.2) is 8.42 Å². The molecule has 2 bridgehead atoms. The molecule has 0 radical (unpaired) electrons. The number of fused-ring (bicyclic) bond motifs is 2. The number of rotatable bonds is 5. The van der Waals surface area contributed by atoms with Crippen LogP contribution in [0.25, 0.3) is 0 Å². The molecule has 17 heavy (non-hydrogen) atoms. The van der Waals surface area contributed by atoms with Crippen molar-refractivity contribution in [2.45, 2.75) is 55.9 Å². The third kappa shape index (κ3) is 3.44. The van der Waals surface area contributed by atoms with Crippen molar-refractivity contribution in [3.8, 4) is 0 Å². The summed E-state index contributed by atoms with van der Waals surface area (Å²) < 4.78 is 22.9. The van der Waals surface area contributed by atoms with Gasteiger partial charge in [0.25, 0.3) is 0 Å². The summed E-state index contributed by atoms with van der Waals surface area (Å²) in [5, 5.41) is 0. The Balaban J connectivity index is 1.81. The molecule has 0 aromatic heterocycles. The van der Waals surface area contributed by atoms with Crippen LogP contribution >= 0.6 is 15.9 Å². The lowest BCUT2D eigenvalue weighted by Crippen LogP contribution is -2.44. The summed E-state index contributed by atoms with van der Waals surface area (Å²) in [6.07, 6.45) is 5.87. The maximum absolute atomic E-state index is 11.4. The van der Waals surface area contributed by atoms with Crippen molar-refractivity contribution < 1.29 is 8.42 Å². The summed E-state index contributed by atoms with van der Waals surface area (Å²) in [7, 11) is -2.78. The Hall–Kier alpha value is 0.390. The van der Waals surface area contributed by atoms with E-state index in [4.69, 9.17) is 0 Å². The maximum Gasteiger partial charge on any atom is 0.150 e. The van der Waals surface area contributed by atoms with Crippen molar-refractivity contribution in [2.75, 3.05) is 18.1 Å². The quantitative estimate of drug-likeness (QED) is 0.728. The summed E-state index contributed by atoms with van der Waals surface area (Å²) in [6.45, 7) is 2.70. The maximum atomic E-state index is 11.4. The summed E-state index contributed by atoms with van der Waals surface area (Å²) in [6, 6.07) is 1.39. The van der Waals surface area contributed by atoms with Gasteiger partial charge in [0.1, 0.15) is 9.84 Å². The Morgan fingerprint density at radius 3 is 2.35 bits per heavy atom. The van der Waals surface area contributed by atoms with Crippen LogP contribution in [0.15, 0.2) is 0 Å². The Labute approximate surface area is 113 Å². The first kappa shape index (κ1) is 13.8. The minimum atomic E-state index is -2.78. The van der Waals surface area contributed by atoms with E-state index < -0.39 is 9.84 Å². The fraction of sp³-hybridized carbons (Fsp3) is 1.00. The number of hydrogen-bond donors (Lipinski definition) is 0. The number of sulfone groups is 1. The molecule has 0 N–H and O–H groups in total. The molecule has 2 unspecified atom stereocenters. The van der Waals surface area contributed by atoms with Gasteiger partial charge in [-0.15, -0.1) is 0 Å². The third-order valence-corrected chi connectivity index (χ3v) is 6.68. The highest BCUT2D eigenvalue weighted by Gasteiger charge is 2.39. The van der Waals surface area contributed by atoms with Gasteiger partial charge in [0.05, 0.1) is 5.75 Å². The highest BCUT2D eigenvalue weighted by molar-refractivity contribution is 9.09. The van der Waals surface area contributed by atoms with Crippen molar-refractivity contribution in [1.82, 2.24) is 4.90 Å². The van der Waals surface area contributed by atoms with Gasteiger partial charge in [0.15, 0.2) is 0 Å². The van der Waals surface area contributed by atoms with Crippen molar-refractivity contribution in [3.63, 3.8) is 0 Å². The van der Waals surface area contributed by atoms with Crippen LogP contribution in [0.2, 0.25) is 0 Å². The van der Waals surface area contributed by atoms with Gasteiger partial charge < -0.3 is 0 Å². The lowest BCUT2D eigenvalue weighted by Gasteiger charge is -2.37. The molecular formula is C12H22BrNO2S. The number of nitrogens with zero attached hydrogens (tertiary/aromatic N) is 1. The van der Waals surface area contributed by atoms with Gasteiger partial charge in [-0.1, -0.05) is 22.9 Å². The van der Waals surface area contributed by atoms with Crippen LogP contribution in [0.4, 0.5) is 0 Å². The summed E-state index contributed by atoms with van der Waals surface area (Å²) >= 11 is 3.73. The second-order valence-corrected chi connectivity index (χ2v) is 9.05. The Morgan fingerprint density at radius 1 is 1.24 bits per heavy atom. The smallest absolute Gasteiger partial charge is 0.150 e. The molecular weight excluding hydrogens is 302 g/mol. The zero-order valence-electron chi connectivity index (χ0n) is 10.4. The van der Waals surface area contributed by atoms with E-state index in [2.05, 4.69) is 20.8 Å². The number of hydrogen-bond acceptors (Lipinski definition) is 3. The zero-order chi connectivity index (χ0) is 12.5. The Bertz CT molecular complexity index is 344. The van der Waals surface area contributed by atoms with E-state index >= 15 is 0 Å². The Morgan fingerprint density at radius 2 is 1.82 bits per heavy atom. The zero-order valence-corrected chi connectivity index (χ0v) is 12.8. The first-order valence-corrected chi connectivity index (χ1v) is 9.36. The van der Waals surface area contributed by atoms with Gasteiger partial charge in [0, 0.05) is 22.7 Å². The molecule has 2 heterocycles. The molecule has 0 aliphatic carbocycles. The number of halogens is 1. The first-order chi connectivity index (χ1) is 8.02. The predicted octanol–water partition coefficient (Wildman–Crippen LogP) is 2.20. The van der Waals surface area contributed by atoms with Crippen LogP contribution in [0.1, 0.15) is 39.0 Å². The topological polar surface area (TPSA) is 37.4 Å². The van der Waals surface area contributed by atoms with E-state index in [1.165, 1.54) is 25.7 Å². The van der Waals surface area contributed by atoms with E-state index in [0.717, 1.165) is 13.0 Å². The van der Waals surface area contributed by atoms with Crippen LogP contribution in [0, 0.1) is 0 Å². The molecule has 100 valence electrons. The van der Waals surface area contributed by atoms with Crippen LogP contribution in [-0.4, -0.2) is 48.3 Å². The molecule has 2 aliphatic heterocycles. The van der Waals surface area contributed by atoms with Gasteiger partial charge >= 0.3 is 0 Å². The second-order valence-electron chi connectivity index (χ2n) is 5.28. The molecule has 2 saturated heterocycles. The molecule has 2 rings (SSSR count). The molecule has 2 fully saturated rings. The normalized spacial score (nSPS) is 34.1. The molecule has 0 aromatic rings. The molecule has 0 spiro atoms. The fourth-order valence-electron chi connectivity index (χ4n) is 3.18. The average molecular weight is 324 g/mol. The molecule has 0 amide bonds. The number of alkyl halides is 1. The van der Waals surface area contributed by atoms with E-state index in [1.54, 1.807) is 6.92 Å². The van der Waals surface area contributed by atoms with Crippen molar-refractivity contribution >= 4 is 25.8 Å². The summed E-state index contributed by atoms with van der Waals surface area (Å²) in [4.78, 5) is 3.23. The fourth-order valence-corrected chi connectivity index (χ4v) is 4.90. The third-order valence-electron chi connectivity index (χ3n) is 4.14. The van der Waals surface area contributed by atoms with Crippen LogP contribution in [0.5, 0.6) is 0 Å². The van der Waals surface area contributed by atoms with Gasteiger partial charge in [-0.05, 0) is 38.6 Å². The highest BCUT2D eigenvalue weighted by Crippen LogP contribution is 2.38. The lowest BCUT2D eigenvalue weighted by molar-refractivity contribution is 0.146. The van der Waals surface area contributed by atoms with Gasteiger partial charge in [-0.2, -0.15) is 0 Å². The number of piperidine rings is 1. The minimum Gasteiger partial charge on any atom is -0.297 e. The lowest BCUT2D eigenvalue weighted by atomic mass is 10.0. The summed E-state index contributed by atoms with van der Waals surface area (Å²) in [5.74, 6) is 0.639. The van der Waals surface area contributed by atoms with E-state index in [9.17, 15) is 8.42 Å². The van der Waals surface area contributed by atoms with Crippen molar-refractivity contribution in [3.05, 3.63) is 0 Å². The Kier molecular flexibility index (Phi) is 4.53. The first-order valence-electron chi connectivity index (χ1n) is 6.62. The molecule has 0 aromatic carbocycles. The van der Waals surface area contributed by atoms with Crippen molar-refractivity contribution in [1.29, 1.82) is 0 Å². The molecule has 2 atom stereocenters. The van der Waals surface area contributed by atoms with Crippen LogP contribution in [0.3, 0.4) is 0 Å². The van der Waals surface area contributed by atoms with Gasteiger partial charge in [-0.3, -0.25) is 4.90 Å². The highest BCUT2D eigenvalue weighted by atomic mass is 79.9. The minimum absolute atomic E-state index is 0.281. The monoisotopic (exact) mass is 323 g/mol. The predicted molar refractivity (Wildman–Crippen MR) is 74.4 cm³/mol. The molecule has 5 heteroatoms. The second kappa shape index (κ2) is 5.57. The molecule has 3 nitrogen and oxygen atoms in total. The van der Waals surface area contributed by atoms with E-state index in [-0.39, 0.29) is 5.75 Å². The standard InChI is InChI=1S/C12H22BrNO2S/c1-2-17(15,16)7-3-6-14-11-4-5-12(14)9-10(13)8-11/h10-12H,2-9H2,1H3. The van der Waals surface area contributed by atoms with Gasteiger partial charge in [0.2, 0.25) is 0 Å². The van der Waals surface area contributed by atoms with E-state index in [0.29, 0.717) is 22.7 Å². The average Bonchev–Trinajstić information content (AvgIpc) is 2.52.